The Balaban J connectivity index is 2.60. The van der Waals surface area contributed by atoms with E-state index in [4.69, 9.17) is 14.2 Å². The lowest BCUT2D eigenvalue weighted by Gasteiger charge is -2.40. The third-order valence-corrected chi connectivity index (χ3v) is 6.58. The monoisotopic (exact) mass is 558 g/mol. The average Bonchev–Trinajstić information content (AvgIpc) is 2.95. The molecule has 1 unspecified atom stereocenters. The number of halogens is 5. The minimum atomic E-state index is -2.18. The molecule has 2 aromatic rings. The number of benzene rings is 2. The van der Waals surface area contributed by atoms with Crippen molar-refractivity contribution >= 4 is 0 Å². The molecule has 0 aliphatic rings. The first-order chi connectivity index (χ1) is 18.8. The van der Waals surface area contributed by atoms with Crippen LogP contribution in [0.3, 0.4) is 0 Å². The second-order valence-electron chi connectivity index (χ2n) is 9.83. The zero-order valence-electron chi connectivity index (χ0n) is 23.7. The first-order valence-electron chi connectivity index (χ1n) is 14.3. The lowest BCUT2D eigenvalue weighted by molar-refractivity contribution is -0.392. The van der Waals surface area contributed by atoms with Crippen LogP contribution in [0.5, 0.6) is 0 Å². The Hall–Kier alpha value is -2.03. The van der Waals surface area contributed by atoms with Gasteiger partial charge in [0.15, 0.2) is 23.3 Å². The number of rotatable bonds is 19. The maximum absolute atomic E-state index is 14.7. The second-order valence-corrected chi connectivity index (χ2v) is 9.83. The maximum Gasteiger partial charge on any atom is 0.290 e. The third kappa shape index (κ3) is 8.73. The molecule has 1 atom stereocenters. The van der Waals surface area contributed by atoms with Gasteiger partial charge in [-0.2, -0.15) is 0 Å². The normalized spacial score (nSPS) is 12.7. The van der Waals surface area contributed by atoms with Crippen molar-refractivity contribution in [1.82, 2.24) is 0 Å². The Bertz CT molecular complexity index is 963. The highest BCUT2D eigenvalue weighted by molar-refractivity contribution is 5.66. The van der Waals surface area contributed by atoms with Crippen LogP contribution in [-0.2, 0) is 14.2 Å². The van der Waals surface area contributed by atoms with Crippen LogP contribution in [0.4, 0.5) is 22.0 Å². The predicted molar refractivity (Wildman–Crippen MR) is 144 cm³/mol. The summed E-state index contributed by atoms with van der Waals surface area (Å²) in [5.41, 5.74) is -0.507. The van der Waals surface area contributed by atoms with Crippen molar-refractivity contribution in [2.75, 3.05) is 19.8 Å². The Kier molecular flexibility index (Phi) is 14.4. The zero-order chi connectivity index (χ0) is 28.8. The molecular formula is C31H43F5O3. The van der Waals surface area contributed by atoms with E-state index >= 15 is 0 Å². The Morgan fingerprint density at radius 3 is 1.62 bits per heavy atom. The fourth-order valence-electron chi connectivity index (χ4n) is 4.61. The van der Waals surface area contributed by atoms with Crippen molar-refractivity contribution in [3.05, 3.63) is 58.9 Å². The van der Waals surface area contributed by atoms with Gasteiger partial charge in [-0.3, -0.25) is 0 Å². The molecule has 0 aliphatic carbocycles. The first kappa shape index (κ1) is 33.2. The van der Waals surface area contributed by atoms with Gasteiger partial charge in [0.2, 0.25) is 5.82 Å². The van der Waals surface area contributed by atoms with Crippen LogP contribution in [-0.4, -0.2) is 25.8 Å². The molecule has 3 nitrogen and oxygen atoms in total. The Labute approximate surface area is 230 Å². The van der Waals surface area contributed by atoms with Gasteiger partial charge < -0.3 is 14.2 Å². The molecule has 0 radical (unpaired) electrons. The van der Waals surface area contributed by atoms with Gasteiger partial charge in [0.1, 0.15) is 0 Å². The summed E-state index contributed by atoms with van der Waals surface area (Å²) in [5, 5.41) is 0. The molecule has 2 aromatic carbocycles. The SMILES string of the molecule is CCCCCCCCC(c1cccc(-c2c(F)c(F)c(F)c(F)c2F)c1)C(OCCC)(OCCC)OCCC. The summed E-state index contributed by atoms with van der Waals surface area (Å²) in [6, 6.07) is 6.08. The minimum Gasteiger partial charge on any atom is -0.327 e. The van der Waals surface area contributed by atoms with Gasteiger partial charge in [0, 0.05) is 0 Å². The number of unbranched alkanes of at least 4 members (excludes halogenated alkanes) is 5. The first-order valence-corrected chi connectivity index (χ1v) is 14.3. The van der Waals surface area contributed by atoms with E-state index in [0.29, 0.717) is 51.1 Å². The van der Waals surface area contributed by atoms with Crippen molar-refractivity contribution < 1.29 is 36.2 Å². The van der Waals surface area contributed by atoms with Gasteiger partial charge in [-0.1, -0.05) is 90.5 Å². The van der Waals surface area contributed by atoms with Gasteiger partial charge in [-0.05, 0) is 36.8 Å². The molecule has 0 spiro atoms. The molecule has 2 rings (SSSR count). The van der Waals surface area contributed by atoms with E-state index in [-0.39, 0.29) is 5.56 Å². The topological polar surface area (TPSA) is 27.7 Å². The molecule has 8 heteroatoms. The average molecular weight is 559 g/mol. The van der Waals surface area contributed by atoms with Gasteiger partial charge in [-0.15, -0.1) is 0 Å². The maximum atomic E-state index is 14.7. The second kappa shape index (κ2) is 16.9. The molecular weight excluding hydrogens is 515 g/mol. The Morgan fingerprint density at radius 1 is 0.615 bits per heavy atom. The van der Waals surface area contributed by atoms with Crippen molar-refractivity contribution in [3.63, 3.8) is 0 Å². The summed E-state index contributed by atoms with van der Waals surface area (Å²) < 4.78 is 90.0. The molecule has 0 heterocycles. The van der Waals surface area contributed by atoms with Crippen molar-refractivity contribution in [1.29, 1.82) is 0 Å². The van der Waals surface area contributed by atoms with Crippen LogP contribution in [0.15, 0.2) is 24.3 Å². The largest absolute Gasteiger partial charge is 0.327 e. The summed E-state index contributed by atoms with van der Waals surface area (Å²) in [6.45, 7) is 9.14. The molecule has 0 fully saturated rings. The quantitative estimate of drug-likeness (QED) is 0.0565. The smallest absolute Gasteiger partial charge is 0.290 e. The summed E-state index contributed by atoms with van der Waals surface area (Å²) in [4.78, 5) is 0. The van der Waals surface area contributed by atoms with Crippen molar-refractivity contribution in [2.24, 2.45) is 0 Å². The molecule has 0 saturated heterocycles. The standard InChI is InChI=1S/C31H43F5O3/c1-5-9-10-11-12-13-17-24(31(37-18-6-2,38-19-7-3)39-20-8-4)22-15-14-16-23(21-22)25-26(32)28(34)30(36)29(35)27(25)33/h14-16,21,24H,5-13,17-20H2,1-4H3. The number of ether oxygens (including phenoxy) is 3. The van der Waals surface area contributed by atoms with Gasteiger partial charge in [0.05, 0.1) is 31.3 Å². The number of hydrogen-bond acceptors (Lipinski definition) is 3. The van der Waals surface area contributed by atoms with Crippen molar-refractivity contribution in [2.45, 2.75) is 104 Å². The lowest BCUT2D eigenvalue weighted by atomic mass is 9.88. The van der Waals surface area contributed by atoms with Crippen LogP contribution in [0.1, 0.15) is 103 Å². The molecule has 0 N–H and O–H groups in total. The third-order valence-electron chi connectivity index (χ3n) is 6.58. The van der Waals surface area contributed by atoms with E-state index in [9.17, 15) is 22.0 Å². The summed E-state index contributed by atoms with van der Waals surface area (Å²) >= 11 is 0. The highest BCUT2D eigenvalue weighted by atomic mass is 19.2. The van der Waals surface area contributed by atoms with Crippen LogP contribution >= 0.6 is 0 Å². The highest BCUT2D eigenvalue weighted by Gasteiger charge is 2.43. The molecule has 0 amide bonds. The molecule has 0 aliphatic heterocycles. The number of hydrogen-bond donors (Lipinski definition) is 0. The zero-order valence-corrected chi connectivity index (χ0v) is 23.7. The molecule has 0 bridgehead atoms. The predicted octanol–water partition coefficient (Wildman–Crippen LogP) is 9.82. The fourth-order valence-corrected chi connectivity index (χ4v) is 4.61. The van der Waals surface area contributed by atoms with E-state index in [1.54, 1.807) is 12.1 Å². The molecule has 220 valence electrons. The van der Waals surface area contributed by atoms with Gasteiger partial charge in [0.25, 0.3) is 5.97 Å². The molecule has 0 aromatic heterocycles. The van der Waals surface area contributed by atoms with Crippen LogP contribution in [0, 0.1) is 29.1 Å². The van der Waals surface area contributed by atoms with Crippen LogP contribution < -0.4 is 0 Å². The summed E-state index contributed by atoms with van der Waals surface area (Å²) in [6.07, 6.45) is 9.01. The van der Waals surface area contributed by atoms with Crippen molar-refractivity contribution in [3.8, 4) is 11.1 Å². The van der Waals surface area contributed by atoms with Crippen LogP contribution in [0.2, 0.25) is 0 Å². The molecule has 0 saturated carbocycles. The van der Waals surface area contributed by atoms with Gasteiger partial charge >= 0.3 is 0 Å². The Morgan fingerprint density at radius 2 is 1.10 bits per heavy atom. The van der Waals surface area contributed by atoms with E-state index in [1.807, 2.05) is 20.8 Å². The van der Waals surface area contributed by atoms with Crippen LogP contribution in [0.25, 0.3) is 11.1 Å². The van der Waals surface area contributed by atoms with E-state index < -0.39 is 46.5 Å². The fraction of sp³-hybridized carbons (Fsp3) is 0.613. The lowest BCUT2D eigenvalue weighted by Crippen LogP contribution is -2.46. The van der Waals surface area contributed by atoms with Gasteiger partial charge in [-0.25, -0.2) is 22.0 Å². The minimum absolute atomic E-state index is 0.122. The van der Waals surface area contributed by atoms with E-state index in [2.05, 4.69) is 6.92 Å². The van der Waals surface area contributed by atoms with E-state index in [1.165, 1.54) is 12.1 Å². The van der Waals surface area contributed by atoms with E-state index in [0.717, 1.165) is 38.5 Å². The summed E-state index contributed by atoms with van der Waals surface area (Å²) in [7, 11) is 0. The highest BCUT2D eigenvalue weighted by Crippen LogP contribution is 2.41. The molecule has 39 heavy (non-hydrogen) atoms. The summed E-state index contributed by atoms with van der Waals surface area (Å²) in [5.74, 6) is -11.8.